The highest BCUT2D eigenvalue weighted by Gasteiger charge is 2.20. The molecule has 206 valence electrons. The predicted molar refractivity (Wildman–Crippen MR) is 186 cm³/mol. The molecule has 9 rings (SSSR count). The molecule has 0 atom stereocenters. The molecule has 0 aliphatic heterocycles. The number of fused-ring (bicyclic) bond motifs is 10. The number of furan rings is 1. The summed E-state index contributed by atoms with van der Waals surface area (Å²) < 4.78 is 6.35. The van der Waals surface area contributed by atoms with E-state index in [1.165, 1.54) is 48.8 Å². The van der Waals surface area contributed by atoms with Crippen LogP contribution >= 0.6 is 0 Å². The van der Waals surface area contributed by atoms with Crippen LogP contribution in [0.3, 0.4) is 0 Å². The molecule has 0 spiro atoms. The number of nitrogens with zero attached hydrogens (tertiary/aromatic N) is 1. The van der Waals surface area contributed by atoms with E-state index in [9.17, 15) is 0 Å². The van der Waals surface area contributed by atoms with Gasteiger partial charge in [-0.3, -0.25) is 0 Å². The normalized spacial score (nSPS) is 11.6. The molecular weight excluding hydrogens is 534 g/mol. The molecule has 0 aliphatic rings. The Labute approximate surface area is 255 Å². The van der Waals surface area contributed by atoms with E-state index in [0.29, 0.717) is 0 Å². The zero-order valence-electron chi connectivity index (χ0n) is 23.9. The minimum absolute atomic E-state index is 0.917. The van der Waals surface area contributed by atoms with Crippen LogP contribution in [-0.2, 0) is 0 Å². The third-order valence-corrected chi connectivity index (χ3v) is 8.83. The third-order valence-electron chi connectivity index (χ3n) is 8.83. The summed E-state index contributed by atoms with van der Waals surface area (Å²) in [5.41, 5.74) is 7.58. The highest BCUT2D eigenvalue weighted by molar-refractivity contribution is 6.34. The average Bonchev–Trinajstić information content (AvgIpc) is 3.48. The summed E-state index contributed by atoms with van der Waals surface area (Å²) >= 11 is 0. The van der Waals surface area contributed by atoms with E-state index < -0.39 is 0 Å². The van der Waals surface area contributed by atoms with Gasteiger partial charge in [0.15, 0.2) is 0 Å². The van der Waals surface area contributed by atoms with Crippen LogP contribution in [0.4, 0.5) is 17.1 Å². The van der Waals surface area contributed by atoms with E-state index in [1.807, 2.05) is 6.07 Å². The van der Waals surface area contributed by atoms with Gasteiger partial charge < -0.3 is 9.32 Å². The Hall–Kier alpha value is -5.86. The van der Waals surface area contributed by atoms with Crippen LogP contribution in [0, 0.1) is 0 Å². The van der Waals surface area contributed by atoms with Crippen LogP contribution in [0.15, 0.2) is 168 Å². The smallest absolute Gasteiger partial charge is 0.136 e. The fourth-order valence-electron chi connectivity index (χ4n) is 6.92. The van der Waals surface area contributed by atoms with Crippen LogP contribution in [0.25, 0.3) is 65.4 Å². The lowest BCUT2D eigenvalue weighted by molar-refractivity contribution is 0.669. The first-order chi connectivity index (χ1) is 21.8. The van der Waals surface area contributed by atoms with Gasteiger partial charge in [-0.2, -0.15) is 0 Å². The van der Waals surface area contributed by atoms with E-state index >= 15 is 0 Å². The summed E-state index contributed by atoms with van der Waals surface area (Å²) in [7, 11) is 0. The molecule has 44 heavy (non-hydrogen) atoms. The largest absolute Gasteiger partial charge is 0.456 e. The first-order valence-corrected chi connectivity index (χ1v) is 15.0. The predicted octanol–water partition coefficient (Wildman–Crippen LogP) is 12.2. The van der Waals surface area contributed by atoms with E-state index in [-0.39, 0.29) is 0 Å². The van der Waals surface area contributed by atoms with Gasteiger partial charge in [-0.05, 0) is 81.0 Å². The van der Waals surface area contributed by atoms with E-state index in [2.05, 4.69) is 163 Å². The zero-order chi connectivity index (χ0) is 29.0. The second-order valence-corrected chi connectivity index (χ2v) is 11.3. The van der Waals surface area contributed by atoms with Crippen molar-refractivity contribution in [1.29, 1.82) is 0 Å². The van der Waals surface area contributed by atoms with Crippen LogP contribution < -0.4 is 4.90 Å². The molecule has 9 aromatic rings. The Bertz CT molecular complexity index is 2490. The molecule has 0 amide bonds. The van der Waals surface area contributed by atoms with Crippen molar-refractivity contribution in [3.63, 3.8) is 0 Å². The van der Waals surface area contributed by atoms with E-state index in [4.69, 9.17) is 4.42 Å². The van der Waals surface area contributed by atoms with E-state index in [1.54, 1.807) is 0 Å². The molecule has 0 aliphatic carbocycles. The van der Waals surface area contributed by atoms with Crippen molar-refractivity contribution in [3.8, 4) is 11.1 Å². The third kappa shape index (κ3) is 3.75. The molecule has 0 saturated heterocycles. The van der Waals surface area contributed by atoms with Gasteiger partial charge in [0, 0.05) is 33.1 Å². The quantitative estimate of drug-likeness (QED) is 0.199. The van der Waals surface area contributed by atoms with Gasteiger partial charge in [-0.25, -0.2) is 0 Å². The van der Waals surface area contributed by atoms with Crippen molar-refractivity contribution in [2.24, 2.45) is 0 Å². The first-order valence-electron chi connectivity index (χ1n) is 15.0. The van der Waals surface area contributed by atoms with Gasteiger partial charge >= 0.3 is 0 Å². The number of anilines is 3. The molecular formula is C42H27NO. The molecule has 0 unspecified atom stereocenters. The highest BCUT2D eigenvalue weighted by atomic mass is 16.3. The fourth-order valence-corrected chi connectivity index (χ4v) is 6.92. The second kappa shape index (κ2) is 9.86. The maximum Gasteiger partial charge on any atom is 0.136 e. The van der Waals surface area contributed by atoms with E-state index in [0.717, 1.165) is 33.6 Å². The summed E-state index contributed by atoms with van der Waals surface area (Å²) in [5.74, 6) is 0. The molecule has 0 bridgehead atoms. The maximum absolute atomic E-state index is 6.35. The lowest BCUT2D eigenvalue weighted by atomic mass is 9.91. The Balaban J connectivity index is 1.39. The summed E-state index contributed by atoms with van der Waals surface area (Å²) in [6.07, 6.45) is 0. The van der Waals surface area contributed by atoms with Crippen molar-refractivity contribution in [3.05, 3.63) is 164 Å². The molecule has 8 aromatic carbocycles. The SMILES string of the molecule is c1ccc(-c2ccccc2N(c2ccccc2)c2ccc3c4ccccc4c4c(ccc5oc6ccccc6c54)c3c2)cc1. The van der Waals surface area contributed by atoms with Crippen molar-refractivity contribution in [1.82, 2.24) is 0 Å². The van der Waals surface area contributed by atoms with Gasteiger partial charge in [-0.15, -0.1) is 0 Å². The van der Waals surface area contributed by atoms with Crippen LogP contribution in [0.2, 0.25) is 0 Å². The molecule has 1 aromatic heterocycles. The number of para-hydroxylation sites is 3. The minimum atomic E-state index is 0.917. The molecule has 0 radical (unpaired) electrons. The maximum atomic E-state index is 6.35. The average molecular weight is 562 g/mol. The van der Waals surface area contributed by atoms with Gasteiger partial charge in [0.1, 0.15) is 11.2 Å². The molecule has 0 N–H and O–H groups in total. The van der Waals surface area contributed by atoms with Gasteiger partial charge in [0.05, 0.1) is 5.69 Å². The van der Waals surface area contributed by atoms with Crippen molar-refractivity contribution < 1.29 is 4.42 Å². The summed E-state index contributed by atoms with van der Waals surface area (Å²) in [6, 6.07) is 58.4. The van der Waals surface area contributed by atoms with Crippen molar-refractivity contribution >= 4 is 71.3 Å². The monoisotopic (exact) mass is 561 g/mol. The lowest BCUT2D eigenvalue weighted by Crippen LogP contribution is -2.11. The Morgan fingerprint density at radius 1 is 0.364 bits per heavy atom. The molecule has 1 heterocycles. The summed E-state index contributed by atoms with van der Waals surface area (Å²) in [5, 5.41) is 9.75. The molecule has 0 saturated carbocycles. The Morgan fingerprint density at radius 3 is 1.82 bits per heavy atom. The standard InChI is InChI=1S/C42H27NO/c1-3-13-28(14-4-1)31-17-9-11-21-38(31)43(29-15-5-2-6-16-29)30-23-24-33-32-18-7-8-19-34(32)41-35(37(33)27-30)25-26-40-42(41)36-20-10-12-22-39(36)44-40/h1-27H. The topological polar surface area (TPSA) is 16.4 Å². The number of rotatable bonds is 4. The van der Waals surface area contributed by atoms with Crippen LogP contribution in [0.5, 0.6) is 0 Å². The van der Waals surface area contributed by atoms with Gasteiger partial charge in [-0.1, -0.05) is 115 Å². The van der Waals surface area contributed by atoms with Crippen molar-refractivity contribution in [2.75, 3.05) is 4.90 Å². The minimum Gasteiger partial charge on any atom is -0.456 e. The Kier molecular flexibility index (Phi) is 5.54. The summed E-state index contributed by atoms with van der Waals surface area (Å²) in [4.78, 5) is 2.38. The van der Waals surface area contributed by atoms with Crippen molar-refractivity contribution in [2.45, 2.75) is 0 Å². The fraction of sp³-hybridized carbons (Fsp3) is 0. The Morgan fingerprint density at radius 2 is 0.977 bits per heavy atom. The lowest BCUT2D eigenvalue weighted by Gasteiger charge is -2.28. The number of benzene rings is 8. The van der Waals surface area contributed by atoms with Gasteiger partial charge in [0.25, 0.3) is 0 Å². The first kappa shape index (κ1) is 24.7. The van der Waals surface area contributed by atoms with Crippen LogP contribution in [0.1, 0.15) is 0 Å². The second-order valence-electron chi connectivity index (χ2n) is 11.3. The molecule has 2 heteroatoms. The molecule has 0 fully saturated rings. The highest BCUT2D eigenvalue weighted by Crippen LogP contribution is 2.46. The zero-order valence-corrected chi connectivity index (χ0v) is 23.9. The number of hydrogen-bond acceptors (Lipinski definition) is 2. The molecule has 2 nitrogen and oxygen atoms in total. The van der Waals surface area contributed by atoms with Gasteiger partial charge in [0.2, 0.25) is 0 Å². The summed E-state index contributed by atoms with van der Waals surface area (Å²) in [6.45, 7) is 0. The van der Waals surface area contributed by atoms with Crippen LogP contribution in [-0.4, -0.2) is 0 Å². The number of hydrogen-bond donors (Lipinski definition) is 0.